The smallest absolute Gasteiger partial charge is 0.0393 e. The number of nitrogen functional groups attached to an aromatic ring is 1. The molecule has 3 N–H and O–H groups in total. The maximum atomic E-state index is 5.98. The van der Waals surface area contributed by atoms with Gasteiger partial charge in [0.25, 0.3) is 0 Å². The fourth-order valence-corrected chi connectivity index (χ4v) is 2.26. The van der Waals surface area contributed by atoms with Crippen molar-refractivity contribution in [3.05, 3.63) is 23.8 Å². The van der Waals surface area contributed by atoms with Crippen LogP contribution in [0.5, 0.6) is 0 Å². The Labute approximate surface area is 91.3 Å². The number of nitrogens with zero attached hydrogens (tertiary/aromatic N) is 1. The van der Waals surface area contributed by atoms with E-state index in [-0.39, 0.29) is 0 Å². The molecule has 1 aromatic rings. The minimum absolute atomic E-state index is 0.664. The summed E-state index contributed by atoms with van der Waals surface area (Å²) in [7, 11) is 4.23. The molecular formula is C12H19N3. The molecule has 82 valence electrons. The fourth-order valence-electron chi connectivity index (χ4n) is 2.26. The highest BCUT2D eigenvalue weighted by atomic mass is 15.1. The van der Waals surface area contributed by atoms with E-state index in [4.69, 9.17) is 5.73 Å². The molecule has 2 rings (SSSR count). The van der Waals surface area contributed by atoms with Crippen molar-refractivity contribution in [2.45, 2.75) is 6.42 Å². The molecule has 0 radical (unpaired) electrons. The average molecular weight is 205 g/mol. The van der Waals surface area contributed by atoms with Crippen molar-refractivity contribution >= 4 is 11.4 Å². The number of hydrogen-bond donors (Lipinski definition) is 2. The van der Waals surface area contributed by atoms with Crippen LogP contribution in [0.2, 0.25) is 0 Å². The second kappa shape index (κ2) is 4.11. The van der Waals surface area contributed by atoms with Crippen LogP contribution in [-0.4, -0.2) is 32.1 Å². The zero-order valence-corrected chi connectivity index (χ0v) is 9.46. The van der Waals surface area contributed by atoms with Gasteiger partial charge in [0.1, 0.15) is 0 Å². The number of fused-ring (bicyclic) bond motifs is 1. The first-order chi connectivity index (χ1) is 7.16. The second-order valence-corrected chi connectivity index (χ2v) is 4.59. The van der Waals surface area contributed by atoms with Crippen LogP contribution in [0.1, 0.15) is 5.56 Å². The Bertz CT molecular complexity index is 347. The van der Waals surface area contributed by atoms with E-state index in [0.29, 0.717) is 5.92 Å². The summed E-state index contributed by atoms with van der Waals surface area (Å²) in [5.74, 6) is 0.664. The Morgan fingerprint density at radius 1 is 1.47 bits per heavy atom. The first-order valence-electron chi connectivity index (χ1n) is 5.43. The molecule has 0 spiro atoms. The minimum Gasteiger partial charge on any atom is -0.398 e. The Kier molecular flexibility index (Phi) is 2.82. The summed E-state index contributed by atoms with van der Waals surface area (Å²) in [4.78, 5) is 2.23. The monoisotopic (exact) mass is 205 g/mol. The zero-order valence-electron chi connectivity index (χ0n) is 9.46. The summed E-state index contributed by atoms with van der Waals surface area (Å²) < 4.78 is 0. The first kappa shape index (κ1) is 10.3. The highest BCUT2D eigenvalue weighted by Gasteiger charge is 2.19. The van der Waals surface area contributed by atoms with Crippen LogP contribution in [0.15, 0.2) is 18.2 Å². The van der Waals surface area contributed by atoms with E-state index in [1.807, 2.05) is 12.1 Å². The lowest BCUT2D eigenvalue weighted by Gasteiger charge is -2.29. The molecule has 15 heavy (non-hydrogen) atoms. The lowest BCUT2D eigenvalue weighted by Crippen LogP contribution is -2.32. The molecule has 3 nitrogen and oxygen atoms in total. The van der Waals surface area contributed by atoms with Gasteiger partial charge in [-0.15, -0.1) is 0 Å². The lowest BCUT2D eigenvalue weighted by atomic mass is 9.92. The molecule has 0 aliphatic carbocycles. The Balaban J connectivity index is 2.15. The predicted octanol–water partition coefficient (Wildman–Crippen LogP) is 1.41. The van der Waals surface area contributed by atoms with E-state index in [1.165, 1.54) is 11.3 Å². The van der Waals surface area contributed by atoms with Gasteiger partial charge in [0.05, 0.1) is 0 Å². The molecule has 0 fully saturated rings. The molecule has 1 unspecified atom stereocenters. The number of rotatable bonds is 2. The molecule has 1 heterocycles. The number of nitrogens with two attached hydrogens (primary N) is 1. The summed E-state index contributed by atoms with van der Waals surface area (Å²) in [6, 6.07) is 6.10. The number of nitrogens with one attached hydrogen (secondary N) is 1. The lowest BCUT2D eigenvalue weighted by molar-refractivity contribution is 0.328. The maximum absolute atomic E-state index is 5.98. The Morgan fingerprint density at radius 2 is 2.27 bits per heavy atom. The molecule has 1 aromatic carbocycles. The summed E-state index contributed by atoms with van der Waals surface area (Å²) >= 11 is 0. The second-order valence-electron chi connectivity index (χ2n) is 4.59. The van der Waals surface area contributed by atoms with Gasteiger partial charge >= 0.3 is 0 Å². The first-order valence-corrected chi connectivity index (χ1v) is 5.43. The van der Waals surface area contributed by atoms with Gasteiger partial charge in [-0.2, -0.15) is 0 Å². The van der Waals surface area contributed by atoms with E-state index in [9.17, 15) is 0 Å². The molecular weight excluding hydrogens is 186 g/mol. The van der Waals surface area contributed by atoms with Crippen LogP contribution in [0.4, 0.5) is 11.4 Å². The van der Waals surface area contributed by atoms with Crippen molar-refractivity contribution in [1.29, 1.82) is 0 Å². The highest BCUT2D eigenvalue weighted by Crippen LogP contribution is 2.29. The average Bonchev–Trinajstić information content (AvgIpc) is 2.18. The van der Waals surface area contributed by atoms with Crippen LogP contribution in [0, 0.1) is 5.92 Å². The standard InChI is InChI=1S/C12H19N3/c1-15(2)8-9-6-10-11(13)4-3-5-12(10)14-7-9/h3-5,9,14H,6-8,13H2,1-2H3. The topological polar surface area (TPSA) is 41.3 Å². The molecule has 0 aromatic heterocycles. The molecule has 3 heteroatoms. The van der Waals surface area contributed by atoms with Gasteiger partial charge in [0, 0.05) is 24.5 Å². The third-order valence-corrected chi connectivity index (χ3v) is 2.91. The molecule has 0 bridgehead atoms. The van der Waals surface area contributed by atoms with Crippen LogP contribution >= 0.6 is 0 Å². The van der Waals surface area contributed by atoms with Gasteiger partial charge in [0.15, 0.2) is 0 Å². The summed E-state index contributed by atoms with van der Waals surface area (Å²) in [5.41, 5.74) is 9.40. The van der Waals surface area contributed by atoms with Gasteiger partial charge in [-0.05, 0) is 44.1 Å². The van der Waals surface area contributed by atoms with E-state index in [0.717, 1.165) is 25.2 Å². The van der Waals surface area contributed by atoms with E-state index < -0.39 is 0 Å². The molecule has 0 amide bonds. The molecule has 0 saturated carbocycles. The molecule has 1 atom stereocenters. The van der Waals surface area contributed by atoms with Crippen molar-refractivity contribution in [1.82, 2.24) is 4.90 Å². The third-order valence-electron chi connectivity index (χ3n) is 2.91. The van der Waals surface area contributed by atoms with Gasteiger partial charge < -0.3 is 16.0 Å². The van der Waals surface area contributed by atoms with E-state index in [1.54, 1.807) is 0 Å². The Hall–Kier alpha value is -1.22. The van der Waals surface area contributed by atoms with Crippen LogP contribution < -0.4 is 11.1 Å². The maximum Gasteiger partial charge on any atom is 0.0393 e. The third kappa shape index (κ3) is 2.23. The molecule has 0 saturated heterocycles. The van der Waals surface area contributed by atoms with Crippen molar-refractivity contribution in [2.24, 2.45) is 5.92 Å². The summed E-state index contributed by atoms with van der Waals surface area (Å²) in [6.07, 6.45) is 1.09. The quantitative estimate of drug-likeness (QED) is 0.717. The number of benzene rings is 1. The van der Waals surface area contributed by atoms with Gasteiger partial charge in [-0.1, -0.05) is 6.07 Å². The zero-order chi connectivity index (χ0) is 10.8. The van der Waals surface area contributed by atoms with Crippen molar-refractivity contribution in [2.75, 3.05) is 38.2 Å². The van der Waals surface area contributed by atoms with Gasteiger partial charge in [-0.25, -0.2) is 0 Å². The fraction of sp³-hybridized carbons (Fsp3) is 0.500. The predicted molar refractivity (Wildman–Crippen MR) is 65.1 cm³/mol. The van der Waals surface area contributed by atoms with E-state index in [2.05, 4.69) is 30.4 Å². The van der Waals surface area contributed by atoms with Gasteiger partial charge in [0.2, 0.25) is 0 Å². The van der Waals surface area contributed by atoms with Crippen LogP contribution in [-0.2, 0) is 6.42 Å². The Morgan fingerprint density at radius 3 is 3.00 bits per heavy atom. The number of hydrogen-bond acceptors (Lipinski definition) is 3. The van der Waals surface area contributed by atoms with Crippen LogP contribution in [0.3, 0.4) is 0 Å². The summed E-state index contributed by atoms with van der Waals surface area (Å²) in [5, 5.41) is 3.45. The van der Waals surface area contributed by atoms with Crippen molar-refractivity contribution in [3.63, 3.8) is 0 Å². The molecule has 1 aliphatic heterocycles. The largest absolute Gasteiger partial charge is 0.398 e. The normalized spacial score (nSPS) is 19.8. The summed E-state index contributed by atoms with van der Waals surface area (Å²) in [6.45, 7) is 2.16. The van der Waals surface area contributed by atoms with Gasteiger partial charge in [-0.3, -0.25) is 0 Å². The van der Waals surface area contributed by atoms with E-state index >= 15 is 0 Å². The molecule has 1 aliphatic rings. The van der Waals surface area contributed by atoms with Crippen LogP contribution in [0.25, 0.3) is 0 Å². The van der Waals surface area contributed by atoms with Crippen molar-refractivity contribution < 1.29 is 0 Å². The highest BCUT2D eigenvalue weighted by molar-refractivity contribution is 5.64. The number of anilines is 2. The SMILES string of the molecule is CN(C)CC1CNc2cccc(N)c2C1. The minimum atomic E-state index is 0.664. The van der Waals surface area contributed by atoms with Crippen molar-refractivity contribution in [3.8, 4) is 0 Å².